The Bertz CT molecular complexity index is 4740. The molecule has 33 heteroatoms. The monoisotopic (exact) mass is 1800 g/mol. The molecule has 11 aromatic rings. The number of methoxy groups -OCH3 is 6. The van der Waals surface area contributed by atoms with Gasteiger partial charge in [0.1, 0.15) is 74.1 Å². The van der Waals surface area contributed by atoms with Crippen LogP contribution in [0, 0.1) is 42.0 Å². The zero-order valence-corrected chi connectivity index (χ0v) is 77.8. The molecular formula is C89H108BrCl3MgN14O14. The molecule has 6 aromatic carbocycles. The van der Waals surface area contributed by atoms with Gasteiger partial charge >= 0.3 is 41.0 Å². The topological polar surface area (TPSA) is 339 Å². The second-order valence-electron chi connectivity index (χ2n) is 27.3. The largest absolute Gasteiger partial charge is 2.00 e. The van der Waals surface area contributed by atoms with Crippen molar-refractivity contribution in [2.75, 3.05) is 82.9 Å². The van der Waals surface area contributed by atoms with Gasteiger partial charge < -0.3 is 97.7 Å². The molecule has 0 atom stereocenters. The summed E-state index contributed by atoms with van der Waals surface area (Å²) in [7, 11) is 9.93. The molecule has 11 rings (SSSR count). The molecule has 0 aliphatic carbocycles. The van der Waals surface area contributed by atoms with Crippen molar-refractivity contribution in [3.05, 3.63) is 278 Å². The fourth-order valence-electron chi connectivity index (χ4n) is 10.8. The van der Waals surface area contributed by atoms with Crippen LogP contribution in [0.1, 0.15) is 133 Å². The quantitative estimate of drug-likeness (QED) is 0.00819. The third-order valence-electron chi connectivity index (χ3n) is 16.6. The number of hydrogen-bond acceptors (Lipinski definition) is 28. The predicted molar refractivity (Wildman–Crippen MR) is 473 cm³/mol. The molecule has 0 bridgehead atoms. The first-order chi connectivity index (χ1) is 56.7. The van der Waals surface area contributed by atoms with Gasteiger partial charge in [0.25, 0.3) is 0 Å². The number of aromatic nitrogens is 10. The Morgan fingerprint density at radius 1 is 0.361 bits per heavy atom. The number of anilines is 4. The van der Waals surface area contributed by atoms with Crippen LogP contribution < -0.4 is 65.8 Å². The number of nitrogen functional groups attached to an aromatic ring is 1. The minimum absolute atomic E-state index is 0. The summed E-state index contributed by atoms with van der Waals surface area (Å²) >= 11 is 17.1. The summed E-state index contributed by atoms with van der Waals surface area (Å²) in [6.07, 6.45) is 0. The SMILES string of the molecule is CCOC(=O)C(=O)OCC.CCOC(=O)c1nc(C)cc(N(Cc2ccc(OC)cc2)Cc2ccc(OC)cc2)n1.COc1ccc(CN(Cc2ccc(OC)cc2)c2cc(C)nc(C(C)(C)O)n2)cc1.COc1ccc(CN(Cc2ccc(OC)cc2)c2cc(C)nc(Cl)n2)cc1.Cc1cc(Cl)nc(Cl)n1.Cc1cc(N)nc(C(C)(C)O)n1.[Br-].[CH3-].[Mg+2]. The molecule has 0 spiro atoms. The maximum atomic E-state index is 12.2. The summed E-state index contributed by atoms with van der Waals surface area (Å²) in [5.74, 6) is 5.97. The number of hydrogen-bond donors (Lipinski definition) is 3. The average molecular weight is 1810 g/mol. The van der Waals surface area contributed by atoms with Crippen LogP contribution >= 0.6 is 34.8 Å². The third-order valence-corrected chi connectivity index (χ3v) is 17.1. The molecule has 0 saturated heterocycles. The Morgan fingerprint density at radius 3 is 0.877 bits per heavy atom. The Labute approximate surface area is 757 Å². The summed E-state index contributed by atoms with van der Waals surface area (Å²) in [6, 6.07) is 56.9. The first-order valence-corrected chi connectivity index (χ1v) is 38.8. The van der Waals surface area contributed by atoms with Gasteiger partial charge in [-0.1, -0.05) is 84.4 Å². The van der Waals surface area contributed by atoms with Crippen molar-refractivity contribution in [1.82, 2.24) is 49.8 Å². The number of carbonyl (C=O) groups is 3. The fourth-order valence-corrected chi connectivity index (χ4v) is 11.5. The van der Waals surface area contributed by atoms with Gasteiger partial charge in [-0.2, -0.15) is 0 Å². The second-order valence-corrected chi connectivity index (χ2v) is 28.4. The second kappa shape index (κ2) is 53.2. The van der Waals surface area contributed by atoms with Gasteiger partial charge in [0.2, 0.25) is 16.4 Å². The molecular weight excluding hydrogens is 1700 g/mol. The van der Waals surface area contributed by atoms with Crippen LogP contribution in [-0.4, -0.2) is 163 Å². The Kier molecular flexibility index (Phi) is 45.9. The van der Waals surface area contributed by atoms with E-state index in [1.165, 1.54) is 0 Å². The van der Waals surface area contributed by atoms with Crippen LogP contribution in [0.4, 0.5) is 23.3 Å². The van der Waals surface area contributed by atoms with Crippen LogP contribution in [0.5, 0.6) is 34.5 Å². The minimum Gasteiger partial charge on any atom is -1.00 e. The van der Waals surface area contributed by atoms with Crippen LogP contribution in [0.3, 0.4) is 0 Å². The number of aryl methyl sites for hydroxylation is 5. The predicted octanol–water partition coefficient (Wildman–Crippen LogP) is 13.0. The summed E-state index contributed by atoms with van der Waals surface area (Å²) in [4.78, 5) is 81.5. The van der Waals surface area contributed by atoms with E-state index < -0.39 is 29.1 Å². The summed E-state index contributed by atoms with van der Waals surface area (Å²) in [6.45, 7) is 25.4. The van der Waals surface area contributed by atoms with E-state index >= 15 is 0 Å². The van der Waals surface area contributed by atoms with Gasteiger partial charge in [-0.25, -0.2) is 64.2 Å². The molecule has 648 valence electrons. The maximum absolute atomic E-state index is 12.2. The number of halogens is 4. The van der Waals surface area contributed by atoms with Gasteiger partial charge in [0, 0.05) is 92.0 Å². The smallest absolute Gasteiger partial charge is 1.00 e. The van der Waals surface area contributed by atoms with Gasteiger partial charge in [0.15, 0.2) is 11.6 Å². The molecule has 4 N–H and O–H groups in total. The van der Waals surface area contributed by atoms with Gasteiger partial charge in [-0.3, -0.25) is 0 Å². The van der Waals surface area contributed by atoms with E-state index in [-0.39, 0.29) is 83.7 Å². The zero-order chi connectivity index (χ0) is 87.4. The summed E-state index contributed by atoms with van der Waals surface area (Å²) < 4.78 is 45.3. The van der Waals surface area contributed by atoms with Gasteiger partial charge in [-0.15, -0.1) is 0 Å². The molecule has 0 fully saturated rings. The van der Waals surface area contributed by atoms with Crippen molar-refractivity contribution in [3.63, 3.8) is 0 Å². The molecule has 28 nitrogen and oxygen atoms in total. The van der Waals surface area contributed by atoms with Crippen molar-refractivity contribution in [2.45, 2.75) is 134 Å². The number of nitrogens with zero attached hydrogens (tertiary/aromatic N) is 13. The van der Waals surface area contributed by atoms with E-state index in [4.69, 9.17) is 73.7 Å². The molecule has 122 heavy (non-hydrogen) atoms. The zero-order valence-electron chi connectivity index (χ0n) is 72.5. The normalized spacial score (nSPS) is 10.3. The Hall–Kier alpha value is -10.8. The first-order valence-electron chi connectivity index (χ1n) is 37.7. The number of esters is 3. The molecule has 0 unspecified atom stereocenters. The molecule has 0 radical (unpaired) electrons. The van der Waals surface area contributed by atoms with E-state index in [1.54, 1.807) is 110 Å². The number of carbonyl (C=O) groups excluding carboxylic acids is 3. The van der Waals surface area contributed by atoms with Crippen molar-refractivity contribution in [2.24, 2.45) is 0 Å². The van der Waals surface area contributed by atoms with Gasteiger partial charge in [-0.05, 0) is 219 Å². The number of nitrogens with two attached hydrogens (primary N) is 1. The molecule has 5 heterocycles. The van der Waals surface area contributed by atoms with E-state index in [9.17, 15) is 24.6 Å². The van der Waals surface area contributed by atoms with E-state index in [2.05, 4.69) is 98.3 Å². The van der Waals surface area contributed by atoms with E-state index in [1.807, 2.05) is 167 Å². The molecule has 0 saturated carbocycles. The van der Waals surface area contributed by atoms with Crippen molar-refractivity contribution < 1.29 is 84.2 Å². The fraction of sp³-hybridized carbons (Fsp3) is 0.326. The molecule has 0 amide bonds. The Balaban J connectivity index is 0.000000398. The number of rotatable bonds is 27. The summed E-state index contributed by atoms with van der Waals surface area (Å²) in [5.41, 5.74) is 14.0. The van der Waals surface area contributed by atoms with Crippen molar-refractivity contribution in [3.8, 4) is 34.5 Å². The average Bonchev–Trinajstić information content (AvgIpc) is 0.809. The number of ether oxygens (including phenoxy) is 9. The molecule has 0 aliphatic heterocycles. The number of benzene rings is 6. The van der Waals surface area contributed by atoms with Crippen LogP contribution in [0.25, 0.3) is 0 Å². The third kappa shape index (κ3) is 36.9. The Morgan fingerprint density at radius 2 is 0.615 bits per heavy atom. The minimum atomic E-state index is -1.12. The van der Waals surface area contributed by atoms with Crippen LogP contribution in [0.15, 0.2) is 176 Å². The molecule has 0 aliphatic rings. The molecule has 5 aromatic heterocycles. The van der Waals surface area contributed by atoms with E-state index in [0.717, 1.165) is 102 Å². The standard InChI is InChI=1S/C24H27N3O4.C24H29N3O3.C21H22ClN3O2.C8H13N3O.C6H10O4.C5H4Cl2N2.CH3.BrH.Mg/c1-5-31-24(28)23-25-17(2)14-22(26-23)27(15-18-6-10-20(29-3)11-7-18)16-19-8-12-21(30-4)13-9-19;1-17-14-22(26-23(25-17)24(2,3)28)27(15-18-6-10-20(29-4)11-7-18)16-19-8-12-21(30-5)13-9-19;1-15-12-20(24-21(22)23-15)25(13-16-4-8-18(26-2)9-5-16)14-17-6-10-19(27-3)11-7-17;1-5-4-6(9)11-7(10-5)8(2,3)12;1-3-9-5(7)6(8)10-4-2;1-3-2-4(6)9-5(7)8-3;;;/h6-14H,5,15-16H2,1-4H3;6-14,28H,15-16H2,1-5H3;4-12H,13-14H2,1-3H3;4,12H,1-3H3,(H2,9,10,11);3-4H2,1-2H3;2H,1H3;1H3;1H;/q;;;;;;-1;;+2/p-1. The van der Waals surface area contributed by atoms with Crippen LogP contribution in [0.2, 0.25) is 15.7 Å². The first kappa shape index (κ1) is 105. The van der Waals surface area contributed by atoms with Crippen molar-refractivity contribution >= 4 is 99.0 Å². The maximum Gasteiger partial charge on any atom is 2.00 e. The van der Waals surface area contributed by atoms with Crippen molar-refractivity contribution in [1.29, 1.82) is 0 Å². The summed E-state index contributed by atoms with van der Waals surface area (Å²) in [5, 5.41) is 20.8. The van der Waals surface area contributed by atoms with E-state index in [0.29, 0.717) is 73.4 Å². The van der Waals surface area contributed by atoms with Crippen LogP contribution in [-0.2, 0) is 74.3 Å². The number of aliphatic hydroxyl groups is 2. The van der Waals surface area contributed by atoms with Gasteiger partial charge in [0.05, 0.1) is 62.5 Å².